The van der Waals surface area contributed by atoms with Crippen LogP contribution in [0.5, 0.6) is 11.5 Å². The number of ether oxygens (including phenoxy) is 1. The van der Waals surface area contributed by atoms with Gasteiger partial charge in [0, 0.05) is 41.9 Å². The summed E-state index contributed by atoms with van der Waals surface area (Å²) in [7, 11) is 0. The summed E-state index contributed by atoms with van der Waals surface area (Å²) in [4.78, 5) is 17.1. The minimum atomic E-state index is -0.346. The van der Waals surface area contributed by atoms with Gasteiger partial charge in [-0.1, -0.05) is 17.7 Å². The molecule has 34 heavy (non-hydrogen) atoms. The van der Waals surface area contributed by atoms with Crippen molar-refractivity contribution in [3.05, 3.63) is 89.0 Å². The molecule has 2 aliphatic heterocycles. The lowest BCUT2D eigenvalue weighted by Crippen LogP contribution is -2.50. The quantitative estimate of drug-likeness (QED) is 0.453. The number of rotatable bonds is 5. The Morgan fingerprint density at radius 2 is 1.62 bits per heavy atom. The van der Waals surface area contributed by atoms with E-state index in [0.29, 0.717) is 28.8 Å². The van der Waals surface area contributed by atoms with Gasteiger partial charge in [0.25, 0.3) is 0 Å². The van der Waals surface area contributed by atoms with Crippen LogP contribution in [0.4, 0.5) is 19.3 Å². The second-order valence-electron chi connectivity index (χ2n) is 8.74. The van der Waals surface area contributed by atoms with Gasteiger partial charge in [0.15, 0.2) is 0 Å². The molecule has 3 unspecified atom stereocenters. The average Bonchev–Trinajstić information content (AvgIpc) is 3.43. The maximum absolute atomic E-state index is 13.4. The molecule has 2 bridgehead atoms. The van der Waals surface area contributed by atoms with Crippen molar-refractivity contribution in [3.63, 3.8) is 0 Å². The second kappa shape index (κ2) is 9.24. The molecule has 0 spiro atoms. The zero-order chi connectivity index (χ0) is 23.8. The number of fused-ring (bicyclic) bond motifs is 2. The predicted octanol–water partition coefficient (Wildman–Crippen LogP) is 6.46. The highest BCUT2D eigenvalue weighted by Crippen LogP contribution is 2.39. The highest BCUT2D eigenvalue weighted by atomic mass is 35.5. The third kappa shape index (κ3) is 4.58. The van der Waals surface area contributed by atoms with Gasteiger partial charge in [0.05, 0.1) is 0 Å². The summed E-state index contributed by atoms with van der Waals surface area (Å²) in [6, 6.07) is 17.6. The van der Waals surface area contributed by atoms with Gasteiger partial charge in [-0.2, -0.15) is 0 Å². The largest absolute Gasteiger partial charge is 0.457 e. The van der Waals surface area contributed by atoms with Gasteiger partial charge in [-0.05, 0) is 79.6 Å². The Morgan fingerprint density at radius 1 is 0.971 bits per heavy atom. The fourth-order valence-corrected chi connectivity index (χ4v) is 5.21. The number of benzene rings is 3. The number of hydrogen-bond acceptors (Lipinski definition) is 3. The van der Waals surface area contributed by atoms with E-state index in [2.05, 4.69) is 17.1 Å². The Morgan fingerprint density at radius 3 is 2.24 bits per heavy atom. The van der Waals surface area contributed by atoms with Crippen LogP contribution in [-0.2, 0) is 0 Å². The van der Waals surface area contributed by atoms with Gasteiger partial charge in [0.2, 0.25) is 0 Å². The lowest BCUT2D eigenvalue weighted by atomic mass is 10.1. The van der Waals surface area contributed by atoms with E-state index in [1.807, 2.05) is 4.90 Å². The zero-order valence-corrected chi connectivity index (χ0v) is 19.3. The minimum Gasteiger partial charge on any atom is -0.457 e. The molecule has 3 aromatic carbocycles. The molecular weight excluding hydrogens is 460 g/mol. The molecular formula is C26H24ClF2N3O2. The Labute approximate surface area is 201 Å². The first kappa shape index (κ1) is 22.6. The van der Waals surface area contributed by atoms with Gasteiger partial charge >= 0.3 is 6.03 Å². The number of nitrogens with zero attached hydrogens (tertiary/aromatic N) is 2. The molecule has 0 aromatic heterocycles. The molecule has 1 N–H and O–H groups in total. The fraction of sp³-hybridized carbons (Fsp3) is 0.269. The SMILES string of the molecule is CC(c1ccc(F)cc1Cl)N1CC2CC1CN2C(=O)Nc1ccc(Oc2ccc(F)cc2)cc1. The van der Waals surface area contributed by atoms with Crippen molar-refractivity contribution in [3.8, 4) is 11.5 Å². The molecule has 0 saturated carbocycles. The van der Waals surface area contributed by atoms with E-state index in [9.17, 15) is 13.6 Å². The summed E-state index contributed by atoms with van der Waals surface area (Å²) >= 11 is 6.27. The van der Waals surface area contributed by atoms with Crippen LogP contribution in [-0.4, -0.2) is 41.0 Å². The van der Waals surface area contributed by atoms with Crippen molar-refractivity contribution < 1.29 is 18.3 Å². The average molecular weight is 484 g/mol. The number of halogens is 3. The van der Waals surface area contributed by atoms with Crippen molar-refractivity contribution in [2.24, 2.45) is 0 Å². The summed E-state index contributed by atoms with van der Waals surface area (Å²) in [5.41, 5.74) is 1.57. The van der Waals surface area contributed by atoms with Crippen LogP contribution in [0.1, 0.15) is 24.9 Å². The second-order valence-corrected chi connectivity index (χ2v) is 9.15. The van der Waals surface area contributed by atoms with Crippen molar-refractivity contribution in [1.29, 1.82) is 0 Å². The van der Waals surface area contributed by atoms with E-state index in [-0.39, 0.29) is 35.8 Å². The Bertz CT molecular complexity index is 1190. The van der Waals surface area contributed by atoms with Crippen molar-refractivity contribution in [2.75, 3.05) is 18.4 Å². The van der Waals surface area contributed by atoms with Crippen LogP contribution in [0.2, 0.25) is 5.02 Å². The number of carbonyl (C=O) groups excluding carboxylic acids is 1. The third-order valence-electron chi connectivity index (χ3n) is 6.61. The summed E-state index contributed by atoms with van der Waals surface area (Å²) in [5.74, 6) is 0.459. The molecule has 2 amide bonds. The molecule has 8 heteroatoms. The third-order valence-corrected chi connectivity index (χ3v) is 6.94. The van der Waals surface area contributed by atoms with E-state index < -0.39 is 0 Å². The van der Waals surface area contributed by atoms with E-state index in [1.54, 1.807) is 42.5 Å². The van der Waals surface area contributed by atoms with Crippen molar-refractivity contribution in [2.45, 2.75) is 31.5 Å². The normalized spacial score (nSPS) is 20.4. The maximum Gasteiger partial charge on any atom is 0.322 e. The van der Waals surface area contributed by atoms with Gasteiger partial charge in [0.1, 0.15) is 23.1 Å². The fourth-order valence-electron chi connectivity index (χ4n) is 4.88. The molecule has 5 nitrogen and oxygen atoms in total. The number of anilines is 1. The summed E-state index contributed by atoms with van der Waals surface area (Å²) in [6.07, 6.45) is 0.904. The first-order valence-corrected chi connectivity index (χ1v) is 11.6. The van der Waals surface area contributed by atoms with E-state index in [4.69, 9.17) is 16.3 Å². The van der Waals surface area contributed by atoms with Gasteiger partial charge in [-0.3, -0.25) is 4.90 Å². The molecule has 0 radical (unpaired) electrons. The minimum absolute atomic E-state index is 0.0435. The van der Waals surface area contributed by atoms with Crippen LogP contribution in [0.15, 0.2) is 66.7 Å². The number of urea groups is 1. The van der Waals surface area contributed by atoms with E-state index >= 15 is 0 Å². The standard InChI is InChI=1S/C26H24ClF2N3O2/c1-16(24-11-4-18(29)12-25(24)27)31-14-21-13-20(31)15-32(21)26(33)30-19-5-9-23(10-6-19)34-22-7-2-17(28)3-8-22/h2-12,16,20-21H,13-15H2,1H3,(H,30,33). The van der Waals surface area contributed by atoms with Crippen molar-refractivity contribution >= 4 is 23.3 Å². The van der Waals surface area contributed by atoms with E-state index in [0.717, 1.165) is 18.5 Å². The monoisotopic (exact) mass is 483 g/mol. The Hall–Kier alpha value is -3.16. The number of nitrogens with one attached hydrogen (secondary N) is 1. The molecule has 176 valence electrons. The van der Waals surface area contributed by atoms with Crippen LogP contribution < -0.4 is 10.1 Å². The summed E-state index contributed by atoms with van der Waals surface area (Å²) < 4.78 is 32.1. The van der Waals surface area contributed by atoms with Gasteiger partial charge in [-0.25, -0.2) is 13.6 Å². The van der Waals surface area contributed by atoms with Gasteiger partial charge in [-0.15, -0.1) is 0 Å². The predicted molar refractivity (Wildman–Crippen MR) is 127 cm³/mol. The maximum atomic E-state index is 13.4. The molecule has 0 aliphatic carbocycles. The van der Waals surface area contributed by atoms with Crippen LogP contribution >= 0.6 is 11.6 Å². The van der Waals surface area contributed by atoms with Crippen LogP contribution in [0.3, 0.4) is 0 Å². The van der Waals surface area contributed by atoms with Crippen molar-refractivity contribution in [1.82, 2.24) is 9.80 Å². The highest BCUT2D eigenvalue weighted by Gasteiger charge is 2.47. The number of piperazine rings is 1. The smallest absolute Gasteiger partial charge is 0.322 e. The van der Waals surface area contributed by atoms with E-state index in [1.165, 1.54) is 24.3 Å². The van der Waals surface area contributed by atoms with Crippen LogP contribution in [0, 0.1) is 11.6 Å². The molecule has 2 aliphatic rings. The topological polar surface area (TPSA) is 44.8 Å². The molecule has 3 atom stereocenters. The first-order valence-electron chi connectivity index (χ1n) is 11.2. The first-order chi connectivity index (χ1) is 16.4. The summed E-state index contributed by atoms with van der Waals surface area (Å²) in [6.45, 7) is 3.45. The molecule has 2 saturated heterocycles. The number of hydrogen-bond donors (Lipinski definition) is 1. The molecule has 2 heterocycles. The Balaban J connectivity index is 1.17. The molecule has 3 aromatic rings. The zero-order valence-electron chi connectivity index (χ0n) is 18.5. The number of amides is 2. The van der Waals surface area contributed by atoms with Gasteiger partial charge < -0.3 is 15.0 Å². The lowest BCUT2D eigenvalue weighted by Gasteiger charge is -2.38. The Kier molecular flexibility index (Phi) is 6.15. The highest BCUT2D eigenvalue weighted by molar-refractivity contribution is 6.31. The van der Waals surface area contributed by atoms with Crippen LogP contribution in [0.25, 0.3) is 0 Å². The number of likely N-dealkylation sites (tertiary alicyclic amines) is 2. The number of carbonyl (C=O) groups is 1. The molecule has 2 fully saturated rings. The molecule has 5 rings (SSSR count). The summed E-state index contributed by atoms with van der Waals surface area (Å²) in [5, 5.41) is 3.39. The lowest BCUT2D eigenvalue weighted by molar-refractivity contribution is 0.115.